The number of sulfone groups is 1. The molecule has 0 aliphatic carbocycles. The predicted molar refractivity (Wildman–Crippen MR) is 90.6 cm³/mol. The smallest absolute Gasteiger partial charge is 0.317 e. The van der Waals surface area contributed by atoms with Gasteiger partial charge in [0.2, 0.25) is 0 Å². The van der Waals surface area contributed by atoms with E-state index in [0.29, 0.717) is 19.5 Å². The topological polar surface area (TPSA) is 69.7 Å². The van der Waals surface area contributed by atoms with Gasteiger partial charge in [0.15, 0.2) is 9.84 Å². The molecule has 6 nitrogen and oxygen atoms in total. The SMILES string of the molecule is Cc1cccc(N2CCN(C(=O)N[C@@H]3CCS(=O)(=O)C3)CC2)c1. The first-order valence-corrected chi connectivity index (χ1v) is 9.82. The molecule has 1 aromatic rings. The summed E-state index contributed by atoms with van der Waals surface area (Å²) < 4.78 is 22.9. The number of carbonyl (C=O) groups is 1. The molecule has 2 aliphatic heterocycles. The molecule has 1 atom stereocenters. The third kappa shape index (κ3) is 3.96. The summed E-state index contributed by atoms with van der Waals surface area (Å²) in [7, 11) is -2.96. The Kier molecular flexibility index (Phi) is 4.48. The summed E-state index contributed by atoms with van der Waals surface area (Å²) in [6.07, 6.45) is 0.525. The minimum atomic E-state index is -2.96. The molecule has 3 rings (SSSR count). The average Bonchev–Trinajstić information content (AvgIpc) is 2.86. The molecule has 0 bridgehead atoms. The van der Waals surface area contributed by atoms with E-state index >= 15 is 0 Å². The van der Waals surface area contributed by atoms with Gasteiger partial charge in [-0.15, -0.1) is 0 Å². The highest BCUT2D eigenvalue weighted by Crippen LogP contribution is 2.18. The van der Waals surface area contributed by atoms with E-state index in [2.05, 4.69) is 35.3 Å². The number of nitrogens with zero attached hydrogens (tertiary/aromatic N) is 2. The minimum Gasteiger partial charge on any atom is -0.368 e. The van der Waals surface area contributed by atoms with E-state index in [1.165, 1.54) is 11.3 Å². The zero-order chi connectivity index (χ0) is 16.4. The quantitative estimate of drug-likeness (QED) is 0.875. The van der Waals surface area contributed by atoms with Crippen LogP contribution in [0, 0.1) is 6.92 Å². The molecule has 0 saturated carbocycles. The molecule has 2 heterocycles. The summed E-state index contributed by atoms with van der Waals surface area (Å²) in [5, 5.41) is 2.86. The van der Waals surface area contributed by atoms with Crippen molar-refractivity contribution in [1.29, 1.82) is 0 Å². The normalized spacial score (nSPS) is 23.8. The van der Waals surface area contributed by atoms with Crippen LogP contribution in [0.15, 0.2) is 24.3 Å². The molecule has 126 valence electrons. The van der Waals surface area contributed by atoms with Crippen LogP contribution in [0.2, 0.25) is 0 Å². The first kappa shape index (κ1) is 16.1. The molecule has 2 fully saturated rings. The molecule has 0 spiro atoms. The Hall–Kier alpha value is -1.76. The second kappa shape index (κ2) is 6.39. The van der Waals surface area contributed by atoms with Crippen molar-refractivity contribution in [2.45, 2.75) is 19.4 Å². The van der Waals surface area contributed by atoms with Crippen LogP contribution in [0.3, 0.4) is 0 Å². The Labute approximate surface area is 137 Å². The van der Waals surface area contributed by atoms with Gasteiger partial charge in [0.25, 0.3) is 0 Å². The van der Waals surface area contributed by atoms with Crippen molar-refractivity contribution >= 4 is 21.6 Å². The lowest BCUT2D eigenvalue weighted by atomic mass is 10.2. The lowest BCUT2D eigenvalue weighted by Gasteiger charge is -2.36. The highest BCUT2D eigenvalue weighted by molar-refractivity contribution is 7.91. The molecular formula is C16H23N3O3S. The van der Waals surface area contributed by atoms with Crippen molar-refractivity contribution in [2.75, 3.05) is 42.6 Å². The minimum absolute atomic E-state index is 0.0714. The summed E-state index contributed by atoms with van der Waals surface area (Å²) in [6, 6.07) is 7.98. The van der Waals surface area contributed by atoms with Crippen LogP contribution in [0.5, 0.6) is 0 Å². The van der Waals surface area contributed by atoms with Gasteiger partial charge in [-0.2, -0.15) is 0 Å². The Morgan fingerprint density at radius 1 is 1.22 bits per heavy atom. The summed E-state index contributed by atoms with van der Waals surface area (Å²) in [6.45, 7) is 4.96. The number of rotatable bonds is 2. The van der Waals surface area contributed by atoms with Crippen molar-refractivity contribution in [2.24, 2.45) is 0 Å². The van der Waals surface area contributed by atoms with Crippen LogP contribution in [-0.4, -0.2) is 63.1 Å². The fourth-order valence-electron chi connectivity index (χ4n) is 3.17. The van der Waals surface area contributed by atoms with Crippen molar-refractivity contribution in [3.05, 3.63) is 29.8 Å². The number of urea groups is 1. The maximum Gasteiger partial charge on any atom is 0.317 e. The fourth-order valence-corrected chi connectivity index (χ4v) is 4.84. The molecule has 1 N–H and O–H groups in total. The monoisotopic (exact) mass is 337 g/mol. The Morgan fingerprint density at radius 2 is 1.96 bits per heavy atom. The van der Waals surface area contributed by atoms with Crippen LogP contribution < -0.4 is 10.2 Å². The van der Waals surface area contributed by atoms with Crippen molar-refractivity contribution in [1.82, 2.24) is 10.2 Å². The Balaban J connectivity index is 1.51. The van der Waals surface area contributed by atoms with Gasteiger partial charge < -0.3 is 15.1 Å². The van der Waals surface area contributed by atoms with Gasteiger partial charge in [-0.05, 0) is 31.0 Å². The summed E-state index contributed by atoms with van der Waals surface area (Å²) in [4.78, 5) is 16.3. The fraction of sp³-hybridized carbons (Fsp3) is 0.562. The van der Waals surface area contributed by atoms with Crippen molar-refractivity contribution in [3.63, 3.8) is 0 Å². The van der Waals surface area contributed by atoms with E-state index in [1.54, 1.807) is 4.90 Å². The van der Waals surface area contributed by atoms with Gasteiger partial charge in [0.05, 0.1) is 11.5 Å². The second-order valence-corrected chi connectivity index (χ2v) is 8.59. The molecule has 7 heteroatoms. The highest BCUT2D eigenvalue weighted by Gasteiger charge is 2.30. The van der Waals surface area contributed by atoms with E-state index in [1.807, 2.05) is 6.07 Å². The van der Waals surface area contributed by atoms with Gasteiger partial charge in [-0.1, -0.05) is 12.1 Å². The van der Waals surface area contributed by atoms with E-state index in [0.717, 1.165) is 13.1 Å². The van der Waals surface area contributed by atoms with Gasteiger partial charge >= 0.3 is 6.03 Å². The number of hydrogen-bond donors (Lipinski definition) is 1. The van der Waals surface area contributed by atoms with Gasteiger partial charge in [-0.3, -0.25) is 0 Å². The third-order valence-corrected chi connectivity index (χ3v) is 6.26. The van der Waals surface area contributed by atoms with Crippen LogP contribution in [0.25, 0.3) is 0 Å². The van der Waals surface area contributed by atoms with Crippen molar-refractivity contribution in [3.8, 4) is 0 Å². The Morgan fingerprint density at radius 3 is 2.57 bits per heavy atom. The maximum atomic E-state index is 12.3. The molecule has 2 saturated heterocycles. The summed E-state index contributed by atoms with van der Waals surface area (Å²) in [5.41, 5.74) is 2.41. The number of nitrogens with one attached hydrogen (secondary N) is 1. The van der Waals surface area contributed by atoms with Gasteiger partial charge in [0, 0.05) is 37.9 Å². The standard InChI is InChI=1S/C16H23N3O3S/c1-13-3-2-4-15(11-13)18-6-8-19(9-7-18)16(20)17-14-5-10-23(21,22)12-14/h2-4,11,14H,5-10,12H2,1H3,(H,17,20)/t14-/m1/s1. The van der Waals surface area contributed by atoms with Crippen LogP contribution in [0.1, 0.15) is 12.0 Å². The lowest BCUT2D eigenvalue weighted by molar-refractivity contribution is 0.191. The third-order valence-electron chi connectivity index (χ3n) is 4.49. The van der Waals surface area contributed by atoms with E-state index in [9.17, 15) is 13.2 Å². The van der Waals surface area contributed by atoms with E-state index < -0.39 is 9.84 Å². The van der Waals surface area contributed by atoms with Crippen molar-refractivity contribution < 1.29 is 13.2 Å². The molecule has 2 aliphatic rings. The highest BCUT2D eigenvalue weighted by atomic mass is 32.2. The number of benzene rings is 1. The van der Waals surface area contributed by atoms with Crippen LogP contribution in [-0.2, 0) is 9.84 Å². The zero-order valence-electron chi connectivity index (χ0n) is 13.4. The molecular weight excluding hydrogens is 314 g/mol. The summed E-state index contributed by atoms with van der Waals surface area (Å²) in [5.74, 6) is 0.251. The molecule has 0 aromatic heterocycles. The molecule has 23 heavy (non-hydrogen) atoms. The molecule has 2 amide bonds. The van der Waals surface area contributed by atoms with E-state index in [4.69, 9.17) is 0 Å². The van der Waals surface area contributed by atoms with Gasteiger partial charge in [-0.25, -0.2) is 13.2 Å². The van der Waals surface area contributed by atoms with Gasteiger partial charge in [0.1, 0.15) is 0 Å². The molecule has 0 unspecified atom stereocenters. The average molecular weight is 337 g/mol. The number of hydrogen-bond acceptors (Lipinski definition) is 4. The molecule has 1 aromatic carbocycles. The second-order valence-electron chi connectivity index (χ2n) is 6.36. The van der Waals surface area contributed by atoms with E-state index in [-0.39, 0.29) is 23.6 Å². The first-order valence-electron chi connectivity index (χ1n) is 8.00. The zero-order valence-corrected chi connectivity index (χ0v) is 14.2. The number of amides is 2. The number of piperazine rings is 1. The predicted octanol–water partition coefficient (Wildman–Crippen LogP) is 1.01. The number of aryl methyl sites for hydroxylation is 1. The maximum absolute atomic E-state index is 12.3. The largest absolute Gasteiger partial charge is 0.368 e. The number of carbonyl (C=O) groups excluding carboxylic acids is 1. The van der Waals surface area contributed by atoms with Crippen LogP contribution >= 0.6 is 0 Å². The number of anilines is 1. The Bertz CT molecular complexity index is 682. The first-order chi connectivity index (χ1) is 10.9. The summed E-state index contributed by atoms with van der Waals surface area (Å²) >= 11 is 0. The van der Waals surface area contributed by atoms with Crippen LogP contribution in [0.4, 0.5) is 10.5 Å². The lowest BCUT2D eigenvalue weighted by Crippen LogP contribution is -2.53. The molecule has 0 radical (unpaired) electrons.